The lowest BCUT2D eigenvalue weighted by Gasteiger charge is -2.30. The molecule has 176 valence electrons. The number of rotatable bonds is 18. The summed E-state index contributed by atoms with van der Waals surface area (Å²) in [4.78, 5) is 35.6. The fourth-order valence-corrected chi connectivity index (χ4v) is 3.20. The average Bonchev–Trinajstić information content (AvgIpc) is 2.72. The molecule has 0 fully saturated rings. The van der Waals surface area contributed by atoms with Crippen molar-refractivity contribution in [2.75, 3.05) is 26.9 Å². The summed E-state index contributed by atoms with van der Waals surface area (Å²) < 4.78 is 10.2. The van der Waals surface area contributed by atoms with Crippen LogP contribution < -0.4 is 0 Å². The molecular weight excluding hydrogens is 404 g/mol. The number of carboxylic acids is 3. The van der Waals surface area contributed by atoms with E-state index in [1.165, 1.54) is 19.3 Å². The first-order valence-electron chi connectivity index (χ1n) is 10.5. The Morgan fingerprint density at radius 2 is 1.39 bits per heavy atom. The van der Waals surface area contributed by atoms with Gasteiger partial charge in [0.05, 0.1) is 0 Å². The van der Waals surface area contributed by atoms with Crippen LogP contribution in [-0.2, 0) is 23.9 Å². The summed E-state index contributed by atoms with van der Waals surface area (Å²) >= 11 is 0. The Balaban J connectivity index is 6.48. The first-order valence-corrected chi connectivity index (χ1v) is 10.5. The van der Waals surface area contributed by atoms with Crippen LogP contribution in [0.5, 0.6) is 0 Å². The second-order valence-electron chi connectivity index (χ2n) is 7.27. The molecule has 0 aliphatic heterocycles. The zero-order chi connectivity index (χ0) is 23.9. The molecule has 0 spiro atoms. The Morgan fingerprint density at radius 1 is 0.871 bits per heavy atom. The van der Waals surface area contributed by atoms with Crippen LogP contribution in [0.25, 0.3) is 0 Å². The van der Waals surface area contributed by atoms with Crippen molar-refractivity contribution in [3.8, 4) is 0 Å². The third-order valence-corrected chi connectivity index (χ3v) is 4.91. The summed E-state index contributed by atoms with van der Waals surface area (Å²) in [7, 11) is 1.51. The molecule has 0 saturated carbocycles. The van der Waals surface area contributed by atoms with Gasteiger partial charge >= 0.3 is 17.9 Å². The van der Waals surface area contributed by atoms with E-state index in [1.54, 1.807) is 0 Å². The third kappa shape index (κ3) is 10.4. The highest BCUT2D eigenvalue weighted by Crippen LogP contribution is 2.39. The first kappa shape index (κ1) is 28.5. The van der Waals surface area contributed by atoms with Gasteiger partial charge in [0.2, 0.25) is 0 Å². The zero-order valence-electron chi connectivity index (χ0n) is 18.8. The van der Waals surface area contributed by atoms with Crippen LogP contribution >= 0.6 is 0 Å². The molecular formula is C23H36O8. The Hall–Kier alpha value is -2.45. The van der Waals surface area contributed by atoms with Gasteiger partial charge in [-0.15, -0.1) is 0 Å². The highest BCUT2D eigenvalue weighted by atomic mass is 16.5. The molecule has 1 unspecified atom stereocenters. The molecule has 8 nitrogen and oxygen atoms in total. The van der Waals surface area contributed by atoms with Crippen molar-refractivity contribution in [2.24, 2.45) is 5.41 Å². The summed E-state index contributed by atoms with van der Waals surface area (Å²) in [5.41, 5.74) is -1.67. The van der Waals surface area contributed by atoms with E-state index in [9.17, 15) is 29.7 Å². The number of unbranched alkanes of at least 4 members (excludes halogenated alkanes) is 1. The molecule has 0 aliphatic rings. The summed E-state index contributed by atoms with van der Waals surface area (Å²) in [5.74, 6) is -3.67. The van der Waals surface area contributed by atoms with Crippen molar-refractivity contribution >= 4 is 17.9 Å². The summed E-state index contributed by atoms with van der Waals surface area (Å²) in [5, 5.41) is 29.1. The van der Waals surface area contributed by atoms with Crippen LogP contribution in [0.4, 0.5) is 0 Å². The van der Waals surface area contributed by atoms with Gasteiger partial charge in [-0.2, -0.15) is 0 Å². The second kappa shape index (κ2) is 15.4. The van der Waals surface area contributed by atoms with Gasteiger partial charge in [0.25, 0.3) is 0 Å². The summed E-state index contributed by atoms with van der Waals surface area (Å²) in [6.45, 7) is 8.66. The number of carbonyl (C=O) groups is 3. The van der Waals surface area contributed by atoms with E-state index in [0.29, 0.717) is 39.1 Å². The Bertz CT molecular complexity index is 677. The van der Waals surface area contributed by atoms with E-state index in [1.807, 2.05) is 13.8 Å². The van der Waals surface area contributed by atoms with Crippen LogP contribution in [0.1, 0.15) is 58.8 Å². The molecule has 0 radical (unpaired) electrons. The van der Waals surface area contributed by atoms with Gasteiger partial charge in [0, 0.05) is 49.1 Å². The molecule has 0 rings (SSSR count). The molecule has 3 N–H and O–H groups in total. The Kier molecular flexibility index (Phi) is 14.2. The minimum absolute atomic E-state index is 0.00542. The number of hydrogen-bond acceptors (Lipinski definition) is 5. The molecule has 8 heteroatoms. The Morgan fingerprint density at radius 3 is 1.77 bits per heavy atom. The highest BCUT2D eigenvalue weighted by Gasteiger charge is 2.35. The van der Waals surface area contributed by atoms with E-state index in [4.69, 9.17) is 9.47 Å². The van der Waals surface area contributed by atoms with Crippen molar-refractivity contribution in [1.29, 1.82) is 0 Å². The Labute approximate surface area is 184 Å². The maximum atomic E-state index is 11.9. The van der Waals surface area contributed by atoms with Gasteiger partial charge in [-0.3, -0.25) is 0 Å². The maximum absolute atomic E-state index is 11.9. The normalized spacial score (nSPS) is 14.2. The van der Waals surface area contributed by atoms with E-state index >= 15 is 0 Å². The molecule has 0 aliphatic carbocycles. The van der Waals surface area contributed by atoms with E-state index < -0.39 is 23.3 Å². The predicted molar refractivity (Wildman–Crippen MR) is 117 cm³/mol. The molecule has 0 bridgehead atoms. The molecule has 0 aromatic carbocycles. The molecule has 31 heavy (non-hydrogen) atoms. The van der Waals surface area contributed by atoms with E-state index in [0.717, 1.165) is 6.42 Å². The van der Waals surface area contributed by atoms with Crippen molar-refractivity contribution < 1.29 is 39.2 Å². The number of hydrogen-bond donors (Lipinski definition) is 3. The second-order valence-corrected chi connectivity index (χ2v) is 7.27. The van der Waals surface area contributed by atoms with Crippen LogP contribution in [-0.4, -0.2) is 60.2 Å². The number of aliphatic carboxylic acids is 3. The number of allylic oxidation sites excluding steroid dienone is 2. The van der Waals surface area contributed by atoms with Crippen molar-refractivity contribution in [1.82, 2.24) is 0 Å². The molecule has 0 aromatic rings. The molecule has 1 atom stereocenters. The third-order valence-electron chi connectivity index (χ3n) is 4.91. The van der Waals surface area contributed by atoms with E-state index in [-0.39, 0.29) is 36.0 Å². The van der Waals surface area contributed by atoms with Gasteiger partial charge < -0.3 is 24.8 Å². The van der Waals surface area contributed by atoms with Gasteiger partial charge in [-0.1, -0.05) is 38.5 Å². The van der Waals surface area contributed by atoms with Crippen molar-refractivity contribution in [3.05, 3.63) is 35.5 Å². The lowest BCUT2D eigenvalue weighted by molar-refractivity contribution is -0.134. The van der Waals surface area contributed by atoms with Crippen molar-refractivity contribution in [3.63, 3.8) is 0 Å². The van der Waals surface area contributed by atoms with Crippen LogP contribution in [0.2, 0.25) is 0 Å². The largest absolute Gasteiger partial charge is 0.478 e. The SMILES string of the molecule is C=C(C(=O)O)C(C=C(CCCOC)C(=O)O)(C=C(CCCOCC)C(=O)O)CCCC. The van der Waals surface area contributed by atoms with Gasteiger partial charge in [0.15, 0.2) is 0 Å². The number of carboxylic acid groups (broad SMARTS) is 3. The van der Waals surface area contributed by atoms with Crippen LogP contribution in [0, 0.1) is 5.41 Å². The summed E-state index contributed by atoms with van der Waals surface area (Å²) in [6, 6.07) is 0. The van der Waals surface area contributed by atoms with Crippen LogP contribution in [0.3, 0.4) is 0 Å². The monoisotopic (exact) mass is 440 g/mol. The number of ether oxygens (including phenoxy) is 2. The average molecular weight is 441 g/mol. The smallest absolute Gasteiger partial charge is 0.332 e. The van der Waals surface area contributed by atoms with Crippen molar-refractivity contribution in [2.45, 2.75) is 58.8 Å². The summed E-state index contributed by atoms with van der Waals surface area (Å²) in [6.07, 6.45) is 5.44. The lowest BCUT2D eigenvalue weighted by Crippen LogP contribution is -2.26. The molecule has 0 amide bonds. The van der Waals surface area contributed by atoms with Gasteiger partial charge in [0.1, 0.15) is 0 Å². The van der Waals surface area contributed by atoms with Crippen LogP contribution in [0.15, 0.2) is 35.5 Å². The standard InChI is InChI=1S/C23H36O8/c1-5-7-12-23(17(3)20(24)25,15-18(21(26)27)10-8-13-30-4)16-19(22(28)29)11-9-14-31-6-2/h15-16H,3,5-14H2,1-2,4H3,(H,24,25)(H,26,27)(H,28,29). The van der Waals surface area contributed by atoms with Gasteiger partial charge in [-0.25, -0.2) is 14.4 Å². The predicted octanol–water partition coefficient (Wildman–Crippen LogP) is 4.07. The fourth-order valence-electron chi connectivity index (χ4n) is 3.20. The lowest BCUT2D eigenvalue weighted by atomic mass is 9.73. The quantitative estimate of drug-likeness (QED) is 0.215. The fraction of sp³-hybridized carbons (Fsp3) is 0.609. The van der Waals surface area contributed by atoms with E-state index in [2.05, 4.69) is 6.58 Å². The highest BCUT2D eigenvalue weighted by molar-refractivity contribution is 5.92. The molecule has 0 aromatic heterocycles. The minimum atomic E-state index is -1.43. The molecule has 0 saturated heterocycles. The first-order chi connectivity index (χ1) is 14.6. The zero-order valence-corrected chi connectivity index (χ0v) is 18.8. The topological polar surface area (TPSA) is 130 Å². The number of methoxy groups -OCH3 is 1. The molecule has 0 heterocycles. The minimum Gasteiger partial charge on any atom is -0.478 e. The van der Waals surface area contributed by atoms with Gasteiger partial charge in [-0.05, 0) is 39.0 Å². The maximum Gasteiger partial charge on any atom is 0.332 e.